The zero-order valence-corrected chi connectivity index (χ0v) is 13.4. The van der Waals surface area contributed by atoms with Crippen LogP contribution in [0.1, 0.15) is 27.2 Å². The first-order valence-electron chi connectivity index (χ1n) is 7.79. The maximum absolute atomic E-state index is 3.56. The van der Waals surface area contributed by atoms with Crippen molar-refractivity contribution in [2.24, 2.45) is 5.41 Å². The van der Waals surface area contributed by atoms with Gasteiger partial charge in [0.05, 0.1) is 11.4 Å². The molecular weight excluding hydrogens is 246 g/mol. The number of hydrogen-bond acceptors (Lipinski definition) is 3. The molecule has 3 heteroatoms. The van der Waals surface area contributed by atoms with Crippen LogP contribution in [0.25, 0.3) is 0 Å². The molecule has 0 bridgehead atoms. The molecule has 0 saturated carbocycles. The molecule has 1 aliphatic rings. The van der Waals surface area contributed by atoms with Crippen molar-refractivity contribution in [3.8, 4) is 0 Å². The van der Waals surface area contributed by atoms with E-state index in [1.807, 2.05) is 0 Å². The van der Waals surface area contributed by atoms with Crippen molar-refractivity contribution in [1.82, 2.24) is 5.32 Å². The SMILES string of the molecule is CCCNCC(C)(C)CN1CCN(C)c2ccccc21. The summed E-state index contributed by atoms with van der Waals surface area (Å²) in [6.45, 7) is 12.5. The van der Waals surface area contributed by atoms with Gasteiger partial charge in [0, 0.05) is 33.2 Å². The molecule has 0 radical (unpaired) electrons. The molecule has 1 aliphatic heterocycles. The third-order valence-electron chi connectivity index (χ3n) is 3.99. The molecule has 0 unspecified atom stereocenters. The lowest BCUT2D eigenvalue weighted by molar-refractivity contribution is 0.341. The van der Waals surface area contributed by atoms with E-state index in [2.05, 4.69) is 67.2 Å². The molecule has 1 heterocycles. The zero-order chi connectivity index (χ0) is 14.6. The van der Waals surface area contributed by atoms with Gasteiger partial charge in [-0.25, -0.2) is 0 Å². The molecule has 0 aliphatic carbocycles. The quantitative estimate of drug-likeness (QED) is 0.805. The molecule has 0 saturated heterocycles. The summed E-state index contributed by atoms with van der Waals surface area (Å²) in [5, 5.41) is 3.56. The Morgan fingerprint density at radius 2 is 1.85 bits per heavy atom. The highest BCUT2D eigenvalue weighted by Crippen LogP contribution is 2.33. The first kappa shape index (κ1) is 15.2. The molecule has 112 valence electrons. The molecular formula is C17H29N3. The summed E-state index contributed by atoms with van der Waals surface area (Å²) >= 11 is 0. The van der Waals surface area contributed by atoms with Crippen LogP contribution in [0.4, 0.5) is 11.4 Å². The van der Waals surface area contributed by atoms with Crippen molar-refractivity contribution in [3.05, 3.63) is 24.3 Å². The van der Waals surface area contributed by atoms with Crippen molar-refractivity contribution in [2.45, 2.75) is 27.2 Å². The van der Waals surface area contributed by atoms with Gasteiger partial charge in [-0.3, -0.25) is 0 Å². The van der Waals surface area contributed by atoms with Gasteiger partial charge in [-0.05, 0) is 30.5 Å². The smallest absolute Gasteiger partial charge is 0.0604 e. The van der Waals surface area contributed by atoms with Crippen LogP contribution in [0.15, 0.2) is 24.3 Å². The standard InChI is InChI=1S/C17H29N3/c1-5-10-18-13-17(2,3)14-20-12-11-19(4)15-8-6-7-9-16(15)20/h6-9,18H,5,10-14H2,1-4H3. The Bertz CT molecular complexity index is 428. The second kappa shape index (κ2) is 6.49. The van der Waals surface area contributed by atoms with E-state index < -0.39 is 0 Å². The average molecular weight is 275 g/mol. The normalized spacial score (nSPS) is 15.4. The van der Waals surface area contributed by atoms with Crippen LogP contribution in [0.5, 0.6) is 0 Å². The maximum atomic E-state index is 3.56. The Balaban J connectivity index is 2.05. The molecule has 1 aromatic carbocycles. The van der Waals surface area contributed by atoms with Crippen LogP contribution in [-0.2, 0) is 0 Å². The van der Waals surface area contributed by atoms with Gasteiger partial charge in [-0.15, -0.1) is 0 Å². The largest absolute Gasteiger partial charge is 0.371 e. The second-order valence-corrected chi connectivity index (χ2v) is 6.67. The van der Waals surface area contributed by atoms with Crippen molar-refractivity contribution < 1.29 is 0 Å². The minimum atomic E-state index is 0.290. The van der Waals surface area contributed by atoms with Crippen LogP contribution in [-0.4, -0.2) is 39.8 Å². The number of para-hydroxylation sites is 2. The van der Waals surface area contributed by atoms with E-state index in [0.29, 0.717) is 0 Å². The molecule has 0 atom stereocenters. The molecule has 0 aromatic heterocycles. The number of anilines is 2. The van der Waals surface area contributed by atoms with E-state index in [0.717, 1.165) is 32.7 Å². The predicted molar refractivity (Wildman–Crippen MR) is 88.9 cm³/mol. The number of benzene rings is 1. The van der Waals surface area contributed by atoms with Crippen LogP contribution < -0.4 is 15.1 Å². The van der Waals surface area contributed by atoms with E-state index in [4.69, 9.17) is 0 Å². The molecule has 1 aromatic rings. The average Bonchev–Trinajstić information content (AvgIpc) is 2.42. The fourth-order valence-corrected chi connectivity index (χ4v) is 2.91. The Kier molecular flexibility index (Phi) is 4.92. The second-order valence-electron chi connectivity index (χ2n) is 6.67. The molecule has 20 heavy (non-hydrogen) atoms. The molecule has 1 N–H and O–H groups in total. The summed E-state index contributed by atoms with van der Waals surface area (Å²) in [6, 6.07) is 8.75. The van der Waals surface area contributed by atoms with E-state index >= 15 is 0 Å². The topological polar surface area (TPSA) is 18.5 Å². The summed E-state index contributed by atoms with van der Waals surface area (Å²) in [6.07, 6.45) is 1.20. The van der Waals surface area contributed by atoms with E-state index in [9.17, 15) is 0 Å². The van der Waals surface area contributed by atoms with Gasteiger partial charge in [-0.1, -0.05) is 32.9 Å². The molecule has 3 nitrogen and oxygen atoms in total. The summed E-state index contributed by atoms with van der Waals surface area (Å²) < 4.78 is 0. The summed E-state index contributed by atoms with van der Waals surface area (Å²) in [4.78, 5) is 4.90. The fraction of sp³-hybridized carbons (Fsp3) is 0.647. The number of fused-ring (bicyclic) bond motifs is 1. The van der Waals surface area contributed by atoms with Gasteiger partial charge < -0.3 is 15.1 Å². The van der Waals surface area contributed by atoms with Crippen LogP contribution >= 0.6 is 0 Å². The van der Waals surface area contributed by atoms with Crippen LogP contribution in [0.3, 0.4) is 0 Å². The third-order valence-corrected chi connectivity index (χ3v) is 3.99. The van der Waals surface area contributed by atoms with Gasteiger partial charge in [0.15, 0.2) is 0 Å². The highest BCUT2D eigenvalue weighted by Gasteiger charge is 2.26. The van der Waals surface area contributed by atoms with Gasteiger partial charge in [-0.2, -0.15) is 0 Å². The third kappa shape index (κ3) is 3.66. The number of rotatable bonds is 6. The first-order chi connectivity index (χ1) is 9.53. The number of nitrogens with zero attached hydrogens (tertiary/aromatic N) is 2. The van der Waals surface area contributed by atoms with Gasteiger partial charge in [0.25, 0.3) is 0 Å². The van der Waals surface area contributed by atoms with Gasteiger partial charge >= 0.3 is 0 Å². The van der Waals surface area contributed by atoms with Crippen molar-refractivity contribution in [3.63, 3.8) is 0 Å². The molecule has 0 amide bonds. The Morgan fingerprint density at radius 3 is 2.55 bits per heavy atom. The zero-order valence-electron chi connectivity index (χ0n) is 13.4. The lowest BCUT2D eigenvalue weighted by Crippen LogP contribution is -2.46. The summed E-state index contributed by atoms with van der Waals surface area (Å²) in [7, 11) is 2.18. The van der Waals surface area contributed by atoms with Crippen molar-refractivity contribution >= 4 is 11.4 Å². The Labute approximate surface area is 124 Å². The Hall–Kier alpha value is -1.22. The first-order valence-corrected chi connectivity index (χ1v) is 7.79. The number of hydrogen-bond donors (Lipinski definition) is 1. The molecule has 2 rings (SSSR count). The minimum Gasteiger partial charge on any atom is -0.371 e. The van der Waals surface area contributed by atoms with Gasteiger partial charge in [0.1, 0.15) is 0 Å². The summed E-state index contributed by atoms with van der Waals surface area (Å²) in [5.41, 5.74) is 3.03. The van der Waals surface area contributed by atoms with Gasteiger partial charge in [0.2, 0.25) is 0 Å². The highest BCUT2D eigenvalue weighted by molar-refractivity contribution is 5.73. The minimum absolute atomic E-state index is 0.290. The maximum Gasteiger partial charge on any atom is 0.0604 e. The highest BCUT2D eigenvalue weighted by atomic mass is 15.3. The molecule has 0 spiro atoms. The lowest BCUT2D eigenvalue weighted by Gasteiger charge is -2.41. The number of likely N-dealkylation sites (N-methyl/N-ethyl adjacent to an activating group) is 1. The monoisotopic (exact) mass is 275 g/mol. The number of nitrogens with one attached hydrogen (secondary N) is 1. The molecule has 0 fully saturated rings. The van der Waals surface area contributed by atoms with Crippen molar-refractivity contribution in [1.29, 1.82) is 0 Å². The van der Waals surface area contributed by atoms with E-state index in [1.165, 1.54) is 17.8 Å². The van der Waals surface area contributed by atoms with E-state index in [1.54, 1.807) is 0 Å². The van der Waals surface area contributed by atoms with Crippen molar-refractivity contribution in [2.75, 3.05) is 49.6 Å². The van der Waals surface area contributed by atoms with E-state index in [-0.39, 0.29) is 5.41 Å². The predicted octanol–water partition coefficient (Wildman–Crippen LogP) is 2.97. The Morgan fingerprint density at radius 1 is 1.15 bits per heavy atom. The van der Waals surface area contributed by atoms with Crippen LogP contribution in [0, 0.1) is 5.41 Å². The fourth-order valence-electron chi connectivity index (χ4n) is 2.91. The lowest BCUT2D eigenvalue weighted by atomic mass is 9.92. The van der Waals surface area contributed by atoms with Crippen LogP contribution in [0.2, 0.25) is 0 Å². The summed E-state index contributed by atoms with van der Waals surface area (Å²) in [5.74, 6) is 0.